The Morgan fingerprint density at radius 3 is 2.42 bits per heavy atom. The Bertz CT molecular complexity index is 716. The third-order valence-corrected chi connectivity index (χ3v) is 5.17. The minimum absolute atomic E-state index is 0.132. The van der Waals surface area contributed by atoms with Crippen LogP contribution in [0.15, 0.2) is 34.3 Å². The number of aryl methyl sites for hydroxylation is 1. The van der Waals surface area contributed by atoms with Crippen LogP contribution in [-0.2, 0) is 11.2 Å². The van der Waals surface area contributed by atoms with Crippen molar-refractivity contribution in [3.63, 3.8) is 0 Å². The number of nitrogens with zero attached hydrogens (tertiary/aromatic N) is 4. The molecular weight excluding hydrogens is 328 g/mol. The van der Waals surface area contributed by atoms with Gasteiger partial charge in [0.25, 0.3) is 0 Å². The molecule has 1 fully saturated rings. The van der Waals surface area contributed by atoms with E-state index in [0.717, 1.165) is 43.4 Å². The van der Waals surface area contributed by atoms with Crippen molar-refractivity contribution in [1.29, 1.82) is 0 Å². The van der Waals surface area contributed by atoms with Crippen molar-refractivity contribution in [2.24, 2.45) is 21.5 Å². The normalized spacial score (nSPS) is 19.1. The van der Waals surface area contributed by atoms with E-state index in [9.17, 15) is 4.79 Å². The summed E-state index contributed by atoms with van der Waals surface area (Å²) in [7, 11) is 3.56. The zero-order valence-corrected chi connectivity index (χ0v) is 15.6. The van der Waals surface area contributed by atoms with Crippen LogP contribution >= 0.6 is 0 Å². The third-order valence-electron chi connectivity index (χ3n) is 5.17. The Balaban J connectivity index is 1.80. The van der Waals surface area contributed by atoms with Crippen molar-refractivity contribution in [2.75, 3.05) is 19.0 Å². The summed E-state index contributed by atoms with van der Waals surface area (Å²) >= 11 is 0. The lowest BCUT2D eigenvalue weighted by molar-refractivity contribution is -0.128. The van der Waals surface area contributed by atoms with E-state index >= 15 is 0 Å². The first-order valence-electron chi connectivity index (χ1n) is 9.20. The fraction of sp³-hybridized carbons (Fsp3) is 0.526. The molecule has 0 aromatic heterocycles. The van der Waals surface area contributed by atoms with Crippen molar-refractivity contribution in [1.82, 2.24) is 4.90 Å². The van der Waals surface area contributed by atoms with Gasteiger partial charge in [-0.3, -0.25) is 9.69 Å². The average Bonchev–Trinajstić information content (AvgIpc) is 2.60. The molecule has 4 N–H and O–H groups in total. The highest BCUT2D eigenvalue weighted by Gasteiger charge is 2.42. The molecule has 2 aliphatic rings. The molecule has 1 heterocycles. The number of hydrogen-bond donors (Lipinski definition) is 2. The number of amides is 1. The second kappa shape index (κ2) is 7.35. The van der Waals surface area contributed by atoms with Crippen LogP contribution in [0.1, 0.15) is 44.1 Å². The van der Waals surface area contributed by atoms with Crippen molar-refractivity contribution in [2.45, 2.75) is 50.6 Å². The van der Waals surface area contributed by atoms with Gasteiger partial charge in [0.2, 0.25) is 17.8 Å². The fourth-order valence-corrected chi connectivity index (χ4v) is 3.78. The van der Waals surface area contributed by atoms with Crippen LogP contribution in [0, 0.1) is 0 Å². The molecule has 1 saturated carbocycles. The maximum Gasteiger partial charge on any atom is 0.222 e. The second-order valence-corrected chi connectivity index (χ2v) is 7.27. The first-order valence-corrected chi connectivity index (χ1v) is 9.20. The number of nitrogens with two attached hydrogens (primary N) is 2. The molecule has 1 aliphatic carbocycles. The summed E-state index contributed by atoms with van der Waals surface area (Å²) in [5.74, 6) is 0.793. The van der Waals surface area contributed by atoms with Gasteiger partial charge < -0.3 is 16.4 Å². The van der Waals surface area contributed by atoms with Crippen LogP contribution < -0.4 is 16.4 Å². The molecule has 0 bridgehead atoms. The Labute approximate surface area is 154 Å². The van der Waals surface area contributed by atoms with Gasteiger partial charge in [-0.15, -0.1) is 0 Å². The molecule has 0 atom stereocenters. The first-order chi connectivity index (χ1) is 12.4. The van der Waals surface area contributed by atoms with Gasteiger partial charge in [-0.05, 0) is 49.8 Å². The van der Waals surface area contributed by atoms with Gasteiger partial charge in [-0.1, -0.05) is 18.6 Å². The number of rotatable bonds is 4. The maximum atomic E-state index is 11.8. The van der Waals surface area contributed by atoms with E-state index in [-0.39, 0.29) is 11.9 Å². The summed E-state index contributed by atoms with van der Waals surface area (Å²) in [6, 6.07) is 8.16. The van der Waals surface area contributed by atoms with Gasteiger partial charge in [0, 0.05) is 26.2 Å². The molecule has 1 aromatic carbocycles. The molecule has 0 radical (unpaired) electrons. The first kappa shape index (κ1) is 18.2. The zero-order chi connectivity index (χ0) is 18.7. The number of carbonyl (C=O) groups is 1. The highest BCUT2D eigenvalue weighted by molar-refractivity contribution is 6.05. The SMILES string of the molecule is CN(C)C(=O)CCc1ccc(N2C(N)=NC(N)=NC23CCCCC3)cc1. The van der Waals surface area contributed by atoms with E-state index in [1.165, 1.54) is 6.42 Å². The minimum atomic E-state index is -0.420. The van der Waals surface area contributed by atoms with Crippen LogP contribution in [0.25, 0.3) is 0 Å². The number of guanidine groups is 2. The summed E-state index contributed by atoms with van der Waals surface area (Å²) in [6.07, 6.45) is 6.48. The highest BCUT2D eigenvalue weighted by atomic mass is 16.2. The molecule has 0 saturated heterocycles. The van der Waals surface area contributed by atoms with Crippen LogP contribution in [-0.4, -0.2) is 42.5 Å². The predicted octanol–water partition coefficient (Wildman–Crippen LogP) is 1.82. The molecular formula is C19H28N6O. The second-order valence-electron chi connectivity index (χ2n) is 7.27. The van der Waals surface area contributed by atoms with Crippen molar-refractivity contribution >= 4 is 23.5 Å². The van der Waals surface area contributed by atoms with E-state index in [0.29, 0.717) is 12.4 Å². The van der Waals surface area contributed by atoms with Crippen LogP contribution in [0.4, 0.5) is 5.69 Å². The lowest BCUT2D eigenvalue weighted by atomic mass is 9.87. The van der Waals surface area contributed by atoms with E-state index in [2.05, 4.69) is 9.98 Å². The number of hydrogen-bond acceptors (Lipinski definition) is 6. The Morgan fingerprint density at radius 1 is 1.15 bits per heavy atom. The van der Waals surface area contributed by atoms with E-state index < -0.39 is 5.66 Å². The number of aliphatic imine (C=N–C) groups is 2. The average molecular weight is 356 g/mol. The molecule has 0 unspecified atom stereocenters. The molecule has 7 nitrogen and oxygen atoms in total. The number of benzene rings is 1. The van der Waals surface area contributed by atoms with Gasteiger partial charge >= 0.3 is 0 Å². The maximum absolute atomic E-state index is 11.8. The summed E-state index contributed by atoms with van der Waals surface area (Å²) < 4.78 is 0. The quantitative estimate of drug-likeness (QED) is 0.859. The van der Waals surface area contributed by atoms with Crippen molar-refractivity contribution in [3.05, 3.63) is 29.8 Å². The lowest BCUT2D eigenvalue weighted by Crippen LogP contribution is -2.58. The van der Waals surface area contributed by atoms with Gasteiger partial charge in [0.15, 0.2) is 0 Å². The Hall–Kier alpha value is -2.57. The summed E-state index contributed by atoms with van der Waals surface area (Å²) in [5.41, 5.74) is 13.8. The van der Waals surface area contributed by atoms with E-state index in [1.54, 1.807) is 19.0 Å². The molecule has 1 spiro atoms. The standard InChI is InChI=1S/C19H28N6O/c1-24(2)16(26)11-8-14-6-9-15(10-7-14)25-18(21)22-17(20)23-19(25)12-4-3-5-13-19/h6-7,9-10H,3-5,8,11-13H2,1-2H3,(H4,20,21,22,23). The van der Waals surface area contributed by atoms with Crippen LogP contribution in [0.5, 0.6) is 0 Å². The van der Waals surface area contributed by atoms with Gasteiger partial charge in [-0.2, -0.15) is 4.99 Å². The molecule has 3 rings (SSSR count). The molecule has 1 aromatic rings. The van der Waals surface area contributed by atoms with Crippen LogP contribution in [0.3, 0.4) is 0 Å². The zero-order valence-electron chi connectivity index (χ0n) is 15.6. The van der Waals surface area contributed by atoms with Crippen LogP contribution in [0.2, 0.25) is 0 Å². The summed E-state index contributed by atoms with van der Waals surface area (Å²) in [5, 5.41) is 0. The summed E-state index contributed by atoms with van der Waals surface area (Å²) in [4.78, 5) is 24.3. The third kappa shape index (κ3) is 3.66. The van der Waals surface area contributed by atoms with E-state index in [4.69, 9.17) is 11.5 Å². The summed E-state index contributed by atoms with van der Waals surface area (Å²) in [6.45, 7) is 0. The van der Waals surface area contributed by atoms with Gasteiger partial charge in [0.1, 0.15) is 5.66 Å². The number of anilines is 1. The Morgan fingerprint density at radius 2 is 1.81 bits per heavy atom. The van der Waals surface area contributed by atoms with Crippen molar-refractivity contribution < 1.29 is 4.79 Å². The monoisotopic (exact) mass is 356 g/mol. The van der Waals surface area contributed by atoms with Crippen molar-refractivity contribution in [3.8, 4) is 0 Å². The number of carbonyl (C=O) groups excluding carboxylic acids is 1. The molecule has 1 aliphatic heterocycles. The molecule has 26 heavy (non-hydrogen) atoms. The minimum Gasteiger partial charge on any atom is -0.369 e. The lowest BCUT2D eigenvalue weighted by Gasteiger charge is -2.45. The topological polar surface area (TPSA) is 100 Å². The molecule has 7 heteroatoms. The largest absolute Gasteiger partial charge is 0.369 e. The van der Waals surface area contributed by atoms with E-state index in [1.807, 2.05) is 29.2 Å². The molecule has 140 valence electrons. The van der Waals surface area contributed by atoms with Gasteiger partial charge in [-0.25, -0.2) is 4.99 Å². The smallest absolute Gasteiger partial charge is 0.222 e. The predicted molar refractivity (Wildman–Crippen MR) is 105 cm³/mol. The van der Waals surface area contributed by atoms with Gasteiger partial charge in [0.05, 0.1) is 0 Å². The highest BCUT2D eigenvalue weighted by Crippen LogP contribution is 2.39. The molecule has 1 amide bonds. The Kier molecular flexibility index (Phi) is 5.15. The fourth-order valence-electron chi connectivity index (χ4n) is 3.78.